The number of anilines is 1. The van der Waals surface area contributed by atoms with Crippen molar-refractivity contribution in [3.05, 3.63) is 23.4 Å². The highest BCUT2D eigenvalue weighted by Gasteiger charge is 2.50. The monoisotopic (exact) mass is 290 g/mol. The number of pyridine rings is 1. The van der Waals surface area contributed by atoms with Crippen molar-refractivity contribution in [1.82, 2.24) is 4.98 Å². The molecule has 1 spiro atoms. The van der Waals surface area contributed by atoms with E-state index in [-0.39, 0.29) is 12.1 Å². The zero-order chi connectivity index (χ0) is 14.4. The predicted molar refractivity (Wildman–Crippen MR) is 79.1 cm³/mol. The molecular weight excluding hydrogens is 268 g/mol. The largest absolute Gasteiger partial charge is 0.349 e. The van der Waals surface area contributed by atoms with Gasteiger partial charge in [-0.2, -0.15) is 0 Å². The SMILES string of the molecule is NC1CN(c2ccc3c(n2)CC[C@H](N)C3)CC12OCCO2. The van der Waals surface area contributed by atoms with Crippen LogP contribution in [0.25, 0.3) is 0 Å². The number of fused-ring (bicyclic) bond motifs is 1. The molecule has 0 radical (unpaired) electrons. The van der Waals surface area contributed by atoms with Crippen LogP contribution in [0.1, 0.15) is 17.7 Å². The number of ether oxygens (including phenoxy) is 2. The Bertz CT molecular complexity index is 544. The van der Waals surface area contributed by atoms with Crippen LogP contribution in [0.2, 0.25) is 0 Å². The van der Waals surface area contributed by atoms with Gasteiger partial charge < -0.3 is 25.8 Å². The van der Waals surface area contributed by atoms with Crippen molar-refractivity contribution in [3.8, 4) is 0 Å². The van der Waals surface area contributed by atoms with Gasteiger partial charge in [-0.15, -0.1) is 0 Å². The van der Waals surface area contributed by atoms with Gasteiger partial charge in [0.05, 0.1) is 25.8 Å². The zero-order valence-corrected chi connectivity index (χ0v) is 12.1. The van der Waals surface area contributed by atoms with E-state index in [0.717, 1.165) is 25.1 Å². The molecule has 21 heavy (non-hydrogen) atoms. The molecule has 1 unspecified atom stereocenters. The van der Waals surface area contributed by atoms with Crippen LogP contribution in [0, 0.1) is 0 Å². The Labute approximate surface area is 124 Å². The van der Waals surface area contributed by atoms with Gasteiger partial charge in [0, 0.05) is 18.3 Å². The zero-order valence-electron chi connectivity index (χ0n) is 12.1. The lowest BCUT2D eigenvalue weighted by atomic mass is 9.92. The molecule has 6 heteroatoms. The number of hydrogen-bond donors (Lipinski definition) is 2. The Balaban J connectivity index is 1.57. The van der Waals surface area contributed by atoms with Crippen LogP contribution in [0.5, 0.6) is 0 Å². The highest BCUT2D eigenvalue weighted by Crippen LogP contribution is 2.33. The number of nitrogens with zero attached hydrogens (tertiary/aromatic N) is 2. The van der Waals surface area contributed by atoms with Crippen molar-refractivity contribution in [1.29, 1.82) is 0 Å². The molecule has 1 aromatic rings. The Morgan fingerprint density at radius 2 is 2.05 bits per heavy atom. The number of nitrogens with two attached hydrogens (primary N) is 2. The summed E-state index contributed by atoms with van der Waals surface area (Å²) in [5.74, 6) is 0.329. The Morgan fingerprint density at radius 3 is 2.86 bits per heavy atom. The predicted octanol–water partition coefficient (Wildman–Crippen LogP) is -0.212. The first-order valence-corrected chi connectivity index (χ1v) is 7.69. The summed E-state index contributed by atoms with van der Waals surface area (Å²) >= 11 is 0. The van der Waals surface area contributed by atoms with E-state index in [1.165, 1.54) is 11.3 Å². The normalized spacial score (nSPS) is 30.9. The fourth-order valence-electron chi connectivity index (χ4n) is 3.58. The van der Waals surface area contributed by atoms with Gasteiger partial charge in [0.2, 0.25) is 5.79 Å². The van der Waals surface area contributed by atoms with Crippen molar-refractivity contribution in [2.75, 3.05) is 31.2 Å². The summed E-state index contributed by atoms with van der Waals surface area (Å²) in [5, 5.41) is 0. The highest BCUT2D eigenvalue weighted by atomic mass is 16.7. The quantitative estimate of drug-likeness (QED) is 0.744. The summed E-state index contributed by atoms with van der Waals surface area (Å²) in [5.41, 5.74) is 14.7. The maximum absolute atomic E-state index is 6.22. The van der Waals surface area contributed by atoms with E-state index in [4.69, 9.17) is 25.9 Å². The Morgan fingerprint density at radius 1 is 1.24 bits per heavy atom. The molecule has 4 N–H and O–H groups in total. The summed E-state index contributed by atoms with van der Waals surface area (Å²) < 4.78 is 11.5. The minimum Gasteiger partial charge on any atom is -0.349 e. The number of hydrogen-bond acceptors (Lipinski definition) is 6. The van der Waals surface area contributed by atoms with Crippen molar-refractivity contribution in [3.63, 3.8) is 0 Å². The van der Waals surface area contributed by atoms with Gasteiger partial charge >= 0.3 is 0 Å². The standard InChI is InChI=1S/C15H22N4O2/c16-11-2-3-12-10(7-11)1-4-14(18-12)19-8-13(17)15(9-19)20-5-6-21-15/h1,4,11,13H,2-3,5-9,16-17H2/t11-,13?/m0/s1. The maximum atomic E-state index is 6.22. The van der Waals surface area contributed by atoms with E-state index in [1.54, 1.807) is 0 Å². The Kier molecular flexibility index (Phi) is 3.15. The lowest BCUT2D eigenvalue weighted by Crippen LogP contribution is -2.47. The summed E-state index contributed by atoms with van der Waals surface area (Å²) in [7, 11) is 0. The summed E-state index contributed by atoms with van der Waals surface area (Å²) in [6, 6.07) is 4.36. The second-order valence-electron chi connectivity index (χ2n) is 6.27. The third-order valence-corrected chi connectivity index (χ3v) is 4.78. The van der Waals surface area contributed by atoms with Crippen LogP contribution in [0.4, 0.5) is 5.82 Å². The molecule has 2 atom stereocenters. The summed E-state index contributed by atoms with van der Waals surface area (Å²) in [4.78, 5) is 6.99. The molecule has 3 heterocycles. The lowest BCUT2D eigenvalue weighted by molar-refractivity contribution is -0.147. The fraction of sp³-hybridized carbons (Fsp3) is 0.667. The molecule has 0 aromatic carbocycles. The van der Waals surface area contributed by atoms with Crippen LogP contribution in [0.15, 0.2) is 12.1 Å². The van der Waals surface area contributed by atoms with Crippen LogP contribution in [0.3, 0.4) is 0 Å². The highest BCUT2D eigenvalue weighted by molar-refractivity contribution is 5.45. The minimum absolute atomic E-state index is 0.133. The molecule has 3 aliphatic rings. The molecule has 0 bridgehead atoms. The first-order valence-electron chi connectivity index (χ1n) is 7.69. The van der Waals surface area contributed by atoms with Gasteiger partial charge in [-0.25, -0.2) is 4.98 Å². The smallest absolute Gasteiger partial charge is 0.203 e. The summed E-state index contributed by atoms with van der Waals surface area (Å²) in [6.07, 6.45) is 2.90. The average molecular weight is 290 g/mol. The third-order valence-electron chi connectivity index (χ3n) is 4.78. The molecule has 2 fully saturated rings. The van der Waals surface area contributed by atoms with E-state index >= 15 is 0 Å². The lowest BCUT2D eigenvalue weighted by Gasteiger charge is -2.26. The molecule has 2 saturated heterocycles. The molecule has 1 aliphatic carbocycles. The van der Waals surface area contributed by atoms with Crippen molar-refractivity contribution in [2.45, 2.75) is 37.1 Å². The number of aryl methyl sites for hydroxylation is 1. The van der Waals surface area contributed by atoms with Crippen LogP contribution in [-0.4, -0.2) is 49.2 Å². The second-order valence-corrected chi connectivity index (χ2v) is 6.27. The summed E-state index contributed by atoms with van der Waals surface area (Å²) in [6.45, 7) is 2.61. The molecule has 0 amide bonds. The van der Waals surface area contributed by atoms with Gasteiger partial charge in [-0.05, 0) is 30.9 Å². The minimum atomic E-state index is -0.639. The van der Waals surface area contributed by atoms with Crippen LogP contribution < -0.4 is 16.4 Å². The van der Waals surface area contributed by atoms with Crippen molar-refractivity contribution >= 4 is 5.82 Å². The van der Waals surface area contributed by atoms with Gasteiger partial charge in [0.15, 0.2) is 0 Å². The molecule has 1 aromatic heterocycles. The second kappa shape index (κ2) is 4.91. The molecule has 114 valence electrons. The van der Waals surface area contributed by atoms with Gasteiger partial charge in [0.1, 0.15) is 5.82 Å². The molecular formula is C15H22N4O2. The average Bonchev–Trinajstić information content (AvgIpc) is 3.07. The van der Waals surface area contributed by atoms with E-state index in [1.807, 2.05) is 0 Å². The number of aromatic nitrogens is 1. The van der Waals surface area contributed by atoms with Crippen molar-refractivity contribution in [2.24, 2.45) is 11.5 Å². The first-order chi connectivity index (χ1) is 10.2. The number of rotatable bonds is 1. The van der Waals surface area contributed by atoms with Crippen LogP contribution >= 0.6 is 0 Å². The van der Waals surface area contributed by atoms with E-state index in [0.29, 0.717) is 26.3 Å². The van der Waals surface area contributed by atoms with E-state index in [9.17, 15) is 0 Å². The molecule has 6 nitrogen and oxygen atoms in total. The van der Waals surface area contributed by atoms with E-state index in [2.05, 4.69) is 17.0 Å². The van der Waals surface area contributed by atoms with Gasteiger partial charge in [-0.1, -0.05) is 6.07 Å². The molecule has 4 rings (SSSR count). The third kappa shape index (κ3) is 2.23. The van der Waals surface area contributed by atoms with Crippen molar-refractivity contribution < 1.29 is 9.47 Å². The van der Waals surface area contributed by atoms with Gasteiger partial charge in [0.25, 0.3) is 0 Å². The fourth-order valence-corrected chi connectivity index (χ4v) is 3.58. The van der Waals surface area contributed by atoms with Crippen LogP contribution in [-0.2, 0) is 22.3 Å². The molecule has 2 aliphatic heterocycles. The van der Waals surface area contributed by atoms with E-state index < -0.39 is 5.79 Å². The van der Waals surface area contributed by atoms with Gasteiger partial charge in [-0.3, -0.25) is 0 Å². The maximum Gasteiger partial charge on any atom is 0.203 e. The first kappa shape index (κ1) is 13.5. The topological polar surface area (TPSA) is 86.6 Å². The Hall–Kier alpha value is -1.21. The molecule has 0 saturated carbocycles.